The number of rotatable bonds is 7. The average molecular weight is 562 g/mol. The van der Waals surface area contributed by atoms with Crippen LogP contribution >= 0.6 is 31.9 Å². The fourth-order valence-electron chi connectivity index (χ4n) is 2.63. The van der Waals surface area contributed by atoms with Gasteiger partial charge in [-0.25, -0.2) is 0 Å². The maximum Gasteiger partial charge on any atom is 0.163 e. The maximum absolute atomic E-state index is 9.45. The van der Waals surface area contributed by atoms with E-state index in [2.05, 4.69) is 31.9 Å². The first-order chi connectivity index (χ1) is 14.4. The molecule has 8 heteroatoms. The average Bonchev–Trinajstić information content (AvgIpc) is 3.01. The Morgan fingerprint density at radius 3 is 1.84 bits per heavy atom. The molecule has 3 rings (SSSR count). The van der Waals surface area contributed by atoms with E-state index < -0.39 is 11.4 Å². The molecule has 6 nitrogen and oxygen atoms in total. The third kappa shape index (κ3) is 9.47. The molecule has 2 aromatic rings. The lowest BCUT2D eigenvalue weighted by Crippen LogP contribution is -2.37. The van der Waals surface area contributed by atoms with Gasteiger partial charge in [-0.1, -0.05) is 31.9 Å². The molecule has 2 unspecified atom stereocenters. The van der Waals surface area contributed by atoms with Gasteiger partial charge in [0.2, 0.25) is 0 Å². The van der Waals surface area contributed by atoms with Gasteiger partial charge < -0.3 is 29.2 Å². The minimum Gasteiger partial charge on any atom is -0.491 e. The fraction of sp³-hybridized carbons (Fsp3) is 0.478. The smallest absolute Gasteiger partial charge is 0.163 e. The molecule has 0 aromatic heterocycles. The highest BCUT2D eigenvalue weighted by molar-refractivity contribution is 9.10. The first kappa shape index (κ1) is 26.1. The molecule has 2 aromatic carbocycles. The predicted octanol–water partition coefficient (Wildman–Crippen LogP) is 4.94. The van der Waals surface area contributed by atoms with Gasteiger partial charge in [0.05, 0.1) is 13.2 Å². The van der Waals surface area contributed by atoms with Crippen molar-refractivity contribution in [3.63, 3.8) is 0 Å². The van der Waals surface area contributed by atoms with E-state index in [4.69, 9.17) is 24.1 Å². The van der Waals surface area contributed by atoms with Crippen molar-refractivity contribution in [3.8, 4) is 11.5 Å². The van der Waals surface area contributed by atoms with Gasteiger partial charge in [0.25, 0.3) is 0 Å². The van der Waals surface area contributed by atoms with Gasteiger partial charge in [0, 0.05) is 8.95 Å². The van der Waals surface area contributed by atoms with Gasteiger partial charge in [-0.15, -0.1) is 0 Å². The van der Waals surface area contributed by atoms with E-state index in [0.717, 1.165) is 14.7 Å². The predicted molar refractivity (Wildman–Crippen MR) is 127 cm³/mol. The Morgan fingerprint density at radius 1 is 0.935 bits per heavy atom. The lowest BCUT2D eigenvalue weighted by molar-refractivity contribution is -0.162. The van der Waals surface area contributed by atoms with Gasteiger partial charge in [0.1, 0.15) is 35.9 Å². The number of hydrogen-bond acceptors (Lipinski definition) is 6. The summed E-state index contributed by atoms with van der Waals surface area (Å²) in [5.41, 5.74) is -1.57. The topological polar surface area (TPSA) is 77.4 Å². The highest BCUT2D eigenvalue weighted by atomic mass is 79.9. The molecule has 0 amide bonds. The number of hydrogen-bond donors (Lipinski definition) is 2. The number of aliphatic hydroxyl groups is 2. The van der Waals surface area contributed by atoms with Crippen molar-refractivity contribution < 1.29 is 29.2 Å². The standard InChI is InChI=1S/C13H17BrO3.C10H13BrO3/c1-12(2)16-9-13(3,17-12)8-15-11-6-4-10(14)5-7-11;1-10(13,6-12)7-14-9-4-2-8(11)3-5-9/h4-7H,8-9H2,1-3H3;2-5,12-13H,6-7H2,1H3. The quantitative estimate of drug-likeness (QED) is 0.498. The summed E-state index contributed by atoms with van der Waals surface area (Å²) in [5.74, 6) is 0.988. The van der Waals surface area contributed by atoms with Gasteiger partial charge in [-0.2, -0.15) is 0 Å². The Labute approximate surface area is 200 Å². The fourth-order valence-corrected chi connectivity index (χ4v) is 3.16. The molecule has 0 saturated carbocycles. The van der Waals surface area contributed by atoms with Crippen LogP contribution in [0.1, 0.15) is 27.7 Å². The molecule has 2 atom stereocenters. The molecular formula is C23H30Br2O6. The molecule has 2 N–H and O–H groups in total. The second kappa shape index (κ2) is 11.1. The molecule has 1 aliphatic heterocycles. The monoisotopic (exact) mass is 560 g/mol. The van der Waals surface area contributed by atoms with Gasteiger partial charge in [-0.3, -0.25) is 0 Å². The first-order valence-corrected chi connectivity index (χ1v) is 11.4. The van der Waals surface area contributed by atoms with Crippen LogP contribution in [0.15, 0.2) is 57.5 Å². The SMILES string of the molecule is CC(O)(CO)COc1ccc(Br)cc1.CC1(COc2ccc(Br)cc2)COC(C)(C)O1. The van der Waals surface area contributed by atoms with Crippen molar-refractivity contribution in [1.29, 1.82) is 0 Å². The highest BCUT2D eigenvalue weighted by Crippen LogP contribution is 2.31. The molecule has 1 fully saturated rings. The van der Waals surface area contributed by atoms with Crippen LogP contribution in [0, 0.1) is 0 Å². The second-order valence-electron chi connectivity index (χ2n) is 8.38. The van der Waals surface area contributed by atoms with Gasteiger partial charge in [-0.05, 0) is 76.2 Å². The van der Waals surface area contributed by atoms with Gasteiger partial charge >= 0.3 is 0 Å². The van der Waals surface area contributed by atoms with Crippen molar-refractivity contribution in [2.75, 3.05) is 26.4 Å². The van der Waals surface area contributed by atoms with E-state index in [1.54, 1.807) is 12.1 Å². The van der Waals surface area contributed by atoms with Crippen molar-refractivity contribution in [2.45, 2.75) is 44.7 Å². The van der Waals surface area contributed by atoms with Crippen molar-refractivity contribution >= 4 is 31.9 Å². The van der Waals surface area contributed by atoms with Gasteiger partial charge in [0.15, 0.2) is 5.79 Å². The van der Waals surface area contributed by atoms with Crippen LogP contribution in [0.25, 0.3) is 0 Å². The summed E-state index contributed by atoms with van der Waals surface area (Å²) in [5, 5.41) is 18.2. The van der Waals surface area contributed by atoms with Crippen LogP contribution < -0.4 is 9.47 Å². The van der Waals surface area contributed by atoms with E-state index >= 15 is 0 Å². The Morgan fingerprint density at radius 2 is 1.42 bits per heavy atom. The summed E-state index contributed by atoms with van der Waals surface area (Å²) >= 11 is 6.69. The van der Waals surface area contributed by atoms with E-state index in [1.165, 1.54) is 6.92 Å². The zero-order valence-electron chi connectivity index (χ0n) is 18.2. The summed E-state index contributed by atoms with van der Waals surface area (Å²) in [6.07, 6.45) is 0. The molecule has 1 heterocycles. The number of ether oxygens (including phenoxy) is 4. The van der Waals surface area contributed by atoms with E-state index in [1.807, 2.05) is 57.2 Å². The lowest BCUT2D eigenvalue weighted by atomic mass is 10.1. The Hall–Kier alpha value is -1.16. The van der Waals surface area contributed by atoms with Crippen LogP contribution in [-0.2, 0) is 9.47 Å². The Kier molecular flexibility index (Phi) is 9.36. The molecule has 0 spiro atoms. The third-order valence-electron chi connectivity index (χ3n) is 4.28. The van der Waals surface area contributed by atoms with E-state index in [0.29, 0.717) is 19.0 Å². The Balaban J connectivity index is 0.000000225. The Bertz CT molecular complexity index is 808. The molecule has 0 bridgehead atoms. The molecule has 1 saturated heterocycles. The van der Waals surface area contributed by atoms with Crippen LogP contribution in [0.2, 0.25) is 0 Å². The molecular weight excluding hydrogens is 532 g/mol. The normalized spacial score (nSPS) is 21.5. The molecule has 1 aliphatic rings. The minimum absolute atomic E-state index is 0.0745. The molecule has 31 heavy (non-hydrogen) atoms. The van der Waals surface area contributed by atoms with Crippen molar-refractivity contribution in [1.82, 2.24) is 0 Å². The summed E-state index contributed by atoms with van der Waals surface area (Å²) < 4.78 is 24.4. The molecule has 0 aliphatic carbocycles. The van der Waals surface area contributed by atoms with Crippen LogP contribution in [0.3, 0.4) is 0 Å². The highest BCUT2D eigenvalue weighted by Gasteiger charge is 2.42. The molecule has 172 valence electrons. The summed E-state index contributed by atoms with van der Waals surface area (Å²) in [6, 6.07) is 15.0. The third-order valence-corrected chi connectivity index (χ3v) is 5.34. The summed E-state index contributed by atoms with van der Waals surface area (Å²) in [6.45, 7) is 8.14. The van der Waals surface area contributed by atoms with E-state index in [9.17, 15) is 5.11 Å². The largest absolute Gasteiger partial charge is 0.491 e. The number of aliphatic hydroxyl groups excluding tert-OH is 1. The number of benzene rings is 2. The minimum atomic E-state index is -1.19. The summed E-state index contributed by atoms with van der Waals surface area (Å²) in [7, 11) is 0. The zero-order valence-corrected chi connectivity index (χ0v) is 21.4. The molecule has 0 radical (unpaired) electrons. The lowest BCUT2D eigenvalue weighted by Gasteiger charge is -2.25. The maximum atomic E-state index is 9.45. The zero-order chi connectivity index (χ0) is 23.1. The first-order valence-electron chi connectivity index (χ1n) is 9.86. The van der Waals surface area contributed by atoms with Crippen molar-refractivity contribution in [2.24, 2.45) is 0 Å². The van der Waals surface area contributed by atoms with Crippen LogP contribution in [0.4, 0.5) is 0 Å². The van der Waals surface area contributed by atoms with Crippen LogP contribution in [-0.4, -0.2) is 53.6 Å². The van der Waals surface area contributed by atoms with Crippen LogP contribution in [0.5, 0.6) is 11.5 Å². The second-order valence-corrected chi connectivity index (χ2v) is 10.2. The number of halogens is 2. The van der Waals surface area contributed by atoms with E-state index in [-0.39, 0.29) is 18.8 Å². The van der Waals surface area contributed by atoms with Crippen molar-refractivity contribution in [3.05, 3.63) is 57.5 Å². The summed E-state index contributed by atoms with van der Waals surface area (Å²) in [4.78, 5) is 0.